The molecule has 1 aromatic carbocycles. The molecule has 2 aliphatic heterocycles. The number of rotatable bonds is 3. The maximum absolute atomic E-state index is 12.6. The van der Waals surface area contributed by atoms with Gasteiger partial charge in [0.2, 0.25) is 0 Å². The number of amides is 1. The lowest BCUT2D eigenvalue weighted by Gasteiger charge is -2.32. The van der Waals surface area contributed by atoms with Gasteiger partial charge in [-0.1, -0.05) is 17.6 Å². The zero-order valence-electron chi connectivity index (χ0n) is 12.8. The van der Waals surface area contributed by atoms with Gasteiger partial charge in [-0.3, -0.25) is 9.80 Å². The predicted molar refractivity (Wildman–Crippen MR) is 82.6 cm³/mol. The average molecular weight is 284 g/mol. The Bertz CT molecular complexity index is 555. The summed E-state index contributed by atoms with van der Waals surface area (Å²) in [5, 5.41) is 3.90. The fraction of sp³-hybridized carbons (Fsp3) is 0.562. The van der Waals surface area contributed by atoms with Crippen molar-refractivity contribution in [1.82, 2.24) is 10.0 Å². The van der Waals surface area contributed by atoms with E-state index in [9.17, 15) is 4.79 Å². The Morgan fingerprint density at radius 1 is 1.38 bits per heavy atom. The molecule has 0 bridgehead atoms. The number of hydrazine groups is 1. The first-order valence-corrected chi connectivity index (χ1v) is 7.56. The fourth-order valence-electron chi connectivity index (χ4n) is 3.36. The summed E-state index contributed by atoms with van der Waals surface area (Å²) in [6.07, 6.45) is 2.15. The molecule has 2 radical (unpaired) electrons. The highest BCUT2D eigenvalue weighted by Gasteiger charge is 2.32. The van der Waals surface area contributed by atoms with Crippen molar-refractivity contribution >= 4 is 19.2 Å². The minimum atomic E-state index is 0.0945. The van der Waals surface area contributed by atoms with Crippen LogP contribution in [0.5, 0.6) is 0 Å². The van der Waals surface area contributed by atoms with E-state index in [1.165, 1.54) is 0 Å². The average Bonchev–Trinajstić information content (AvgIpc) is 2.77. The van der Waals surface area contributed by atoms with Gasteiger partial charge in [0.15, 0.2) is 0 Å². The second kappa shape index (κ2) is 5.81. The van der Waals surface area contributed by atoms with Crippen LogP contribution in [-0.2, 0) is 11.3 Å². The zero-order chi connectivity index (χ0) is 15.0. The number of carbonyl (C=O) groups excluding carboxylic acids is 1. The van der Waals surface area contributed by atoms with Crippen LogP contribution in [0.3, 0.4) is 0 Å². The van der Waals surface area contributed by atoms with Crippen LogP contribution in [0, 0.1) is 12.8 Å². The van der Waals surface area contributed by atoms with Crippen LogP contribution in [0.4, 0.5) is 0 Å². The Labute approximate surface area is 127 Å². The van der Waals surface area contributed by atoms with Gasteiger partial charge in [-0.25, -0.2) is 5.01 Å². The van der Waals surface area contributed by atoms with Gasteiger partial charge in [-0.2, -0.15) is 0 Å². The van der Waals surface area contributed by atoms with Crippen LogP contribution < -0.4 is 5.46 Å². The third-order valence-electron chi connectivity index (χ3n) is 4.48. The molecule has 0 unspecified atom stereocenters. The molecule has 0 spiro atoms. The molecule has 1 saturated heterocycles. The summed E-state index contributed by atoms with van der Waals surface area (Å²) in [6, 6.07) is 3.79. The van der Waals surface area contributed by atoms with Crippen molar-refractivity contribution in [2.24, 2.45) is 5.92 Å². The molecule has 0 aliphatic carbocycles. The summed E-state index contributed by atoms with van der Waals surface area (Å²) in [5.41, 5.74) is 3.56. The Morgan fingerprint density at radius 3 is 2.81 bits per heavy atom. The largest absolute Gasteiger partial charge is 0.381 e. The zero-order valence-corrected chi connectivity index (χ0v) is 12.8. The molecule has 110 valence electrons. The molecule has 21 heavy (non-hydrogen) atoms. The molecule has 4 nitrogen and oxygen atoms in total. The first-order chi connectivity index (χ1) is 10.1. The van der Waals surface area contributed by atoms with Crippen molar-refractivity contribution in [1.29, 1.82) is 0 Å². The van der Waals surface area contributed by atoms with Crippen LogP contribution in [0.25, 0.3) is 0 Å². The van der Waals surface area contributed by atoms with Gasteiger partial charge in [0.1, 0.15) is 7.85 Å². The summed E-state index contributed by atoms with van der Waals surface area (Å²) in [7, 11) is 7.89. The molecular weight excluding hydrogens is 263 g/mol. The minimum absolute atomic E-state index is 0.0945. The molecule has 0 saturated carbocycles. The van der Waals surface area contributed by atoms with Crippen LogP contribution in [0.15, 0.2) is 12.1 Å². The van der Waals surface area contributed by atoms with E-state index in [1.54, 1.807) is 0 Å². The second-order valence-electron chi connectivity index (χ2n) is 6.13. The van der Waals surface area contributed by atoms with Crippen LogP contribution in [-0.4, -0.2) is 50.6 Å². The molecule has 2 heterocycles. The Kier molecular flexibility index (Phi) is 4.04. The number of aryl methyl sites for hydroxylation is 1. The normalized spacial score (nSPS) is 19.4. The van der Waals surface area contributed by atoms with Gasteiger partial charge < -0.3 is 4.74 Å². The van der Waals surface area contributed by atoms with Gasteiger partial charge >= 0.3 is 0 Å². The third-order valence-corrected chi connectivity index (χ3v) is 4.48. The first-order valence-electron chi connectivity index (χ1n) is 7.56. The smallest absolute Gasteiger partial charge is 0.269 e. The number of nitrogens with zero attached hydrogens (tertiary/aromatic N) is 2. The van der Waals surface area contributed by atoms with Crippen LogP contribution in [0.2, 0.25) is 0 Å². The quantitative estimate of drug-likeness (QED) is 0.777. The van der Waals surface area contributed by atoms with Crippen molar-refractivity contribution in [3.8, 4) is 0 Å². The summed E-state index contributed by atoms with van der Waals surface area (Å²) in [4.78, 5) is 12.6. The van der Waals surface area contributed by atoms with Crippen molar-refractivity contribution in [2.75, 3.05) is 26.8 Å². The molecule has 0 aromatic heterocycles. The maximum atomic E-state index is 12.6. The van der Waals surface area contributed by atoms with Crippen molar-refractivity contribution in [3.05, 3.63) is 28.8 Å². The summed E-state index contributed by atoms with van der Waals surface area (Å²) in [6.45, 7) is 5.15. The van der Waals surface area contributed by atoms with Gasteiger partial charge in [-0.05, 0) is 36.8 Å². The molecule has 5 heteroatoms. The SMILES string of the molecule is [B]c1cc(C)c2c(c1)CN(N(C)CC1CCOCC1)C2=O. The number of hydrogen-bond donors (Lipinski definition) is 0. The van der Waals surface area contributed by atoms with Gasteiger partial charge in [0.25, 0.3) is 5.91 Å². The lowest BCUT2D eigenvalue weighted by molar-refractivity contribution is -0.0168. The predicted octanol–water partition coefficient (Wildman–Crippen LogP) is 1.02. The summed E-state index contributed by atoms with van der Waals surface area (Å²) in [5.74, 6) is 0.698. The maximum Gasteiger partial charge on any atom is 0.269 e. The summed E-state index contributed by atoms with van der Waals surface area (Å²) >= 11 is 0. The van der Waals surface area contributed by atoms with Crippen molar-refractivity contribution < 1.29 is 9.53 Å². The molecule has 0 N–H and O–H groups in total. The van der Waals surface area contributed by atoms with E-state index < -0.39 is 0 Å². The molecule has 1 fully saturated rings. The Hall–Kier alpha value is -1.33. The molecule has 2 aliphatic rings. The highest BCUT2D eigenvalue weighted by Crippen LogP contribution is 2.27. The van der Waals surface area contributed by atoms with Crippen molar-refractivity contribution in [2.45, 2.75) is 26.3 Å². The number of hydrogen-bond acceptors (Lipinski definition) is 3. The van der Waals surface area contributed by atoms with E-state index in [0.29, 0.717) is 12.5 Å². The van der Waals surface area contributed by atoms with E-state index in [1.807, 2.05) is 31.1 Å². The highest BCUT2D eigenvalue weighted by molar-refractivity contribution is 6.32. The molecule has 3 rings (SSSR count). The van der Waals surface area contributed by atoms with Gasteiger partial charge in [0, 0.05) is 32.4 Å². The Morgan fingerprint density at radius 2 is 2.10 bits per heavy atom. The minimum Gasteiger partial charge on any atom is -0.381 e. The van der Waals surface area contributed by atoms with Gasteiger partial charge in [-0.15, -0.1) is 0 Å². The number of carbonyl (C=O) groups is 1. The number of fused-ring (bicyclic) bond motifs is 1. The third kappa shape index (κ3) is 2.85. The Balaban J connectivity index is 1.73. The second-order valence-corrected chi connectivity index (χ2v) is 6.13. The van der Waals surface area contributed by atoms with E-state index >= 15 is 0 Å². The summed E-state index contributed by atoms with van der Waals surface area (Å²) < 4.78 is 5.39. The molecule has 1 amide bonds. The topological polar surface area (TPSA) is 32.8 Å². The number of ether oxygens (including phenoxy) is 1. The molecule has 0 atom stereocenters. The highest BCUT2D eigenvalue weighted by atomic mass is 16.5. The van der Waals surface area contributed by atoms with Crippen molar-refractivity contribution in [3.63, 3.8) is 0 Å². The monoisotopic (exact) mass is 284 g/mol. The van der Waals surface area contributed by atoms with E-state index in [2.05, 4.69) is 5.01 Å². The lowest BCUT2D eigenvalue weighted by atomic mass is 9.90. The number of benzene rings is 1. The van der Waals surface area contributed by atoms with E-state index in [-0.39, 0.29) is 5.91 Å². The van der Waals surface area contributed by atoms with Gasteiger partial charge in [0.05, 0.1) is 6.54 Å². The van der Waals surface area contributed by atoms with E-state index in [0.717, 1.165) is 54.8 Å². The van der Waals surface area contributed by atoms with E-state index in [4.69, 9.17) is 12.6 Å². The molecular formula is C16H21BN2O2. The standard InChI is InChI=1S/C16H21BN2O2/c1-11-7-14(17)8-13-10-19(16(20)15(11)13)18(2)9-12-3-5-21-6-4-12/h7-8,12H,3-6,9-10H2,1-2H3. The lowest BCUT2D eigenvalue weighted by Crippen LogP contribution is -2.43. The molecule has 1 aromatic rings. The fourth-order valence-corrected chi connectivity index (χ4v) is 3.36. The van der Waals surface area contributed by atoms with Crippen LogP contribution >= 0.6 is 0 Å². The van der Waals surface area contributed by atoms with Crippen LogP contribution in [0.1, 0.15) is 34.3 Å². The first kappa shape index (κ1) is 14.6.